The van der Waals surface area contributed by atoms with Gasteiger partial charge in [-0.05, 0) is 175 Å². The standard InChI is InChI=1S/C13H19NO2.C11H15N.C9H17N.C8H15NS2.C6H12N2O.C6H13N/c1-9-5-10-6-12(15-3)13(16-4)7-11(10)8-14(9)2;1-9-7-10-5-3-4-6-11(10)8-12(9)2;1-7-6-8-4-3-5-9(8)10(7)2;1-7-5-8(6-9(7)2)10-3-4-11-8;1-5-4-7(2)6(9)8(5)3;1-6-4-3-5-7(6)2/h6-7,9H,5,8H2,1-4H3;3-6,9H,7-8H2,1-2H3;7-9H,3-6H2,1-2H3;7H,3-6H2,1-2H3;5H,4H2,1-3H3;6H,3-5H2,1-2H3. The molecule has 6 fully saturated rings. The molecule has 10 rings (SSSR count). The Hall–Kier alpha value is -2.19. The Bertz CT molecular complexity index is 1690. The minimum atomic E-state index is 0.127. The zero-order valence-corrected chi connectivity index (χ0v) is 45.2. The third-order valence-corrected chi connectivity index (χ3v) is 19.5. The molecular formula is C53H91N7O3S2. The predicted octanol–water partition coefficient (Wildman–Crippen LogP) is 9.38. The quantitative estimate of drug-likeness (QED) is 0.292. The fraction of sp³-hybridized carbons (Fsp3) is 0.755. The summed E-state index contributed by atoms with van der Waals surface area (Å²) in [5, 5.41) is 0. The zero-order valence-electron chi connectivity index (χ0n) is 43.6. The second-order valence-electron chi connectivity index (χ2n) is 20.9. The Morgan fingerprint density at radius 1 is 0.615 bits per heavy atom. The van der Waals surface area contributed by atoms with E-state index in [0.717, 1.165) is 67.6 Å². The normalized spacial score (nSPS) is 30.6. The summed E-state index contributed by atoms with van der Waals surface area (Å²) in [5.41, 5.74) is 5.75. The van der Waals surface area contributed by atoms with Gasteiger partial charge in [0.15, 0.2) is 11.5 Å². The molecule has 2 amide bonds. The molecule has 12 heteroatoms. The van der Waals surface area contributed by atoms with Crippen LogP contribution in [0.15, 0.2) is 36.4 Å². The molecule has 1 spiro atoms. The second-order valence-corrected chi connectivity index (χ2v) is 24.1. The molecule has 2 aromatic rings. The summed E-state index contributed by atoms with van der Waals surface area (Å²) in [6.45, 7) is 19.1. The molecule has 2 aromatic carbocycles. The highest BCUT2D eigenvalue weighted by molar-refractivity contribution is 8.21. The maximum atomic E-state index is 11.0. The summed E-state index contributed by atoms with van der Waals surface area (Å²) in [6.07, 6.45) is 12.4. The highest BCUT2D eigenvalue weighted by Gasteiger charge is 2.44. The van der Waals surface area contributed by atoms with Crippen LogP contribution in [-0.2, 0) is 25.9 Å². The van der Waals surface area contributed by atoms with E-state index in [0.29, 0.717) is 22.2 Å². The van der Waals surface area contributed by atoms with Crippen LogP contribution < -0.4 is 9.47 Å². The molecule has 10 nitrogen and oxygen atoms in total. The first-order valence-electron chi connectivity index (χ1n) is 25.0. The topological polar surface area (TPSA) is 58.2 Å². The number of amides is 2. The van der Waals surface area contributed by atoms with Gasteiger partial charge in [0.25, 0.3) is 0 Å². The number of likely N-dealkylation sites (N-methyl/N-ethyl adjacent to an activating group) is 4. The average molecular weight is 938 g/mol. The number of fused-ring (bicyclic) bond motifs is 3. The van der Waals surface area contributed by atoms with Crippen molar-refractivity contribution in [1.29, 1.82) is 0 Å². The predicted molar refractivity (Wildman–Crippen MR) is 279 cm³/mol. The van der Waals surface area contributed by atoms with Crippen molar-refractivity contribution in [3.63, 3.8) is 0 Å². The lowest BCUT2D eigenvalue weighted by atomic mass is 9.94. The molecule has 8 aliphatic rings. The van der Waals surface area contributed by atoms with E-state index in [2.05, 4.69) is 154 Å². The maximum absolute atomic E-state index is 11.0. The third kappa shape index (κ3) is 14.4. The largest absolute Gasteiger partial charge is 0.493 e. The number of rotatable bonds is 2. The molecule has 0 aromatic heterocycles. The van der Waals surface area contributed by atoms with Gasteiger partial charge in [-0.1, -0.05) is 30.7 Å². The smallest absolute Gasteiger partial charge is 0.319 e. The molecular weight excluding hydrogens is 847 g/mol. The first-order chi connectivity index (χ1) is 30.9. The molecule has 0 N–H and O–H groups in total. The van der Waals surface area contributed by atoms with Crippen molar-refractivity contribution in [2.75, 3.05) is 94.7 Å². The van der Waals surface area contributed by atoms with Crippen LogP contribution in [0.2, 0.25) is 0 Å². The van der Waals surface area contributed by atoms with Gasteiger partial charge >= 0.3 is 6.03 Å². The van der Waals surface area contributed by atoms with Crippen LogP contribution in [0.3, 0.4) is 0 Å². The molecule has 368 valence electrons. The lowest BCUT2D eigenvalue weighted by molar-refractivity contribution is 0.202. The second kappa shape index (κ2) is 24.9. The van der Waals surface area contributed by atoms with Gasteiger partial charge in [-0.25, -0.2) is 4.79 Å². The molecule has 0 bridgehead atoms. The number of hydrogen-bond acceptors (Lipinski definition) is 10. The molecule has 7 heterocycles. The summed E-state index contributed by atoms with van der Waals surface area (Å²) in [6, 6.07) is 18.2. The number of nitrogens with zero attached hydrogens (tertiary/aromatic N) is 7. The Kier molecular flexibility index (Phi) is 20.6. The Balaban J connectivity index is 0.000000149. The maximum Gasteiger partial charge on any atom is 0.319 e. The van der Waals surface area contributed by atoms with Gasteiger partial charge in [0.1, 0.15) is 0 Å². The van der Waals surface area contributed by atoms with Crippen molar-refractivity contribution in [2.45, 2.75) is 159 Å². The first kappa shape index (κ1) is 53.8. The number of ether oxygens (including phenoxy) is 2. The lowest BCUT2D eigenvalue weighted by Crippen LogP contribution is -2.35. The average Bonchev–Trinajstić information content (AvgIpc) is 4.15. The van der Waals surface area contributed by atoms with E-state index < -0.39 is 0 Å². The number of hydrogen-bond donors (Lipinski definition) is 0. The van der Waals surface area contributed by atoms with E-state index >= 15 is 0 Å². The van der Waals surface area contributed by atoms with Crippen molar-refractivity contribution >= 4 is 29.6 Å². The number of benzene rings is 2. The van der Waals surface area contributed by atoms with E-state index in [1.165, 1.54) is 98.2 Å². The number of carbonyl (C=O) groups is 1. The van der Waals surface area contributed by atoms with E-state index in [4.69, 9.17) is 9.47 Å². The Labute approximate surface area is 405 Å². The van der Waals surface area contributed by atoms with Gasteiger partial charge in [-0.2, -0.15) is 0 Å². The Morgan fingerprint density at radius 2 is 1.20 bits per heavy atom. The van der Waals surface area contributed by atoms with Crippen LogP contribution in [0.5, 0.6) is 11.5 Å². The van der Waals surface area contributed by atoms with Crippen LogP contribution in [0.4, 0.5) is 4.79 Å². The number of thioether (sulfide) groups is 2. The van der Waals surface area contributed by atoms with Crippen LogP contribution in [-0.4, -0.2) is 181 Å². The van der Waals surface area contributed by atoms with Crippen molar-refractivity contribution in [2.24, 2.45) is 5.92 Å². The minimum Gasteiger partial charge on any atom is -0.493 e. The first-order valence-corrected chi connectivity index (χ1v) is 26.9. The summed E-state index contributed by atoms with van der Waals surface area (Å²) in [5.74, 6) is 5.44. The SMILES string of the molecule is CC1CC2(CN1C)SCCS2.CC1CC2CCCC2N1C.CC1CCCN1C.CC1CN(C)C(=O)N1C.CC1Cc2ccccc2CN1C.COc1cc2c(cc1OC)CN(C)C(C)C2. The van der Waals surface area contributed by atoms with E-state index in [1.807, 2.05) is 21.0 Å². The Morgan fingerprint density at radius 3 is 1.66 bits per heavy atom. The summed E-state index contributed by atoms with van der Waals surface area (Å²) in [7, 11) is 18.1. The summed E-state index contributed by atoms with van der Waals surface area (Å²) in [4.78, 5) is 26.7. The number of urea groups is 1. The van der Waals surface area contributed by atoms with Crippen molar-refractivity contribution in [3.05, 3.63) is 58.7 Å². The molecule has 8 atom stereocenters. The molecule has 5 saturated heterocycles. The molecule has 7 aliphatic heterocycles. The molecule has 1 saturated carbocycles. The fourth-order valence-corrected chi connectivity index (χ4v) is 14.4. The van der Waals surface area contributed by atoms with Gasteiger partial charge in [-0.3, -0.25) is 9.80 Å². The van der Waals surface area contributed by atoms with E-state index in [9.17, 15) is 4.79 Å². The third-order valence-electron chi connectivity index (χ3n) is 16.1. The van der Waals surface area contributed by atoms with Crippen LogP contribution >= 0.6 is 23.5 Å². The summed E-state index contributed by atoms with van der Waals surface area (Å²) >= 11 is 4.36. The van der Waals surface area contributed by atoms with Gasteiger partial charge in [-0.15, -0.1) is 23.5 Å². The van der Waals surface area contributed by atoms with Crippen molar-refractivity contribution in [1.82, 2.24) is 34.3 Å². The molecule has 1 aliphatic carbocycles. The van der Waals surface area contributed by atoms with Gasteiger partial charge in [0, 0.05) is 94.1 Å². The fourth-order valence-electron chi connectivity index (χ4n) is 10.8. The van der Waals surface area contributed by atoms with Gasteiger partial charge in [0.05, 0.1) is 18.3 Å². The number of carbonyl (C=O) groups excluding carboxylic acids is 1. The highest BCUT2D eigenvalue weighted by atomic mass is 32.2. The highest BCUT2D eigenvalue weighted by Crippen LogP contribution is 2.51. The number of likely N-dealkylation sites (tertiary alicyclic amines) is 3. The van der Waals surface area contributed by atoms with E-state index in [-0.39, 0.29) is 6.03 Å². The minimum absolute atomic E-state index is 0.127. The van der Waals surface area contributed by atoms with E-state index in [1.54, 1.807) is 24.0 Å². The van der Waals surface area contributed by atoms with Crippen molar-refractivity contribution in [3.8, 4) is 11.5 Å². The lowest BCUT2D eigenvalue weighted by Gasteiger charge is -2.32. The summed E-state index contributed by atoms with van der Waals surface area (Å²) < 4.78 is 11.2. The molecule has 0 radical (unpaired) electrons. The van der Waals surface area contributed by atoms with Crippen LogP contribution in [0.1, 0.15) is 109 Å². The monoisotopic (exact) mass is 938 g/mol. The molecule has 65 heavy (non-hydrogen) atoms. The van der Waals surface area contributed by atoms with Gasteiger partial charge in [0.2, 0.25) is 0 Å². The van der Waals surface area contributed by atoms with Gasteiger partial charge < -0.3 is 34.0 Å². The molecule has 8 unspecified atom stereocenters. The zero-order chi connectivity index (χ0) is 47.6. The van der Waals surface area contributed by atoms with Crippen LogP contribution in [0, 0.1) is 5.92 Å². The number of methoxy groups -OCH3 is 2. The van der Waals surface area contributed by atoms with Crippen LogP contribution in [0.25, 0.3) is 0 Å². The van der Waals surface area contributed by atoms with Crippen molar-refractivity contribution < 1.29 is 14.3 Å².